The average Bonchev–Trinajstić information content (AvgIpc) is 4.16. The summed E-state index contributed by atoms with van der Waals surface area (Å²) < 4.78 is 34.4. The van der Waals surface area contributed by atoms with Gasteiger partial charge < -0.3 is 19.1 Å². The number of hydrogen-bond donors (Lipinski definition) is 2. The number of halogens is 2. The first kappa shape index (κ1) is 46.9. The number of rotatable bonds is 12. The molecule has 0 saturated carbocycles. The first-order valence-electron chi connectivity index (χ1n) is 23.3. The summed E-state index contributed by atoms with van der Waals surface area (Å²) in [6.45, 7) is 12.1. The summed E-state index contributed by atoms with van der Waals surface area (Å²) in [6.07, 6.45) is 9.44. The van der Waals surface area contributed by atoms with Crippen LogP contribution in [-0.2, 0) is 39.8 Å². The van der Waals surface area contributed by atoms with Crippen LogP contribution in [-0.4, -0.2) is 58.6 Å². The molecule has 0 aliphatic carbocycles. The number of aromatic nitrogens is 12. The van der Waals surface area contributed by atoms with Gasteiger partial charge in [-0.05, 0) is 137 Å². The van der Waals surface area contributed by atoms with Gasteiger partial charge in [0.2, 0.25) is 0 Å². The van der Waals surface area contributed by atoms with Crippen LogP contribution >= 0.6 is 0 Å². The molecule has 0 fully saturated rings. The van der Waals surface area contributed by atoms with Crippen LogP contribution in [0.15, 0.2) is 120 Å². The molecular weight excluding hydrogens is 887 g/mol. The molecule has 10 aromatic rings. The number of fused-ring (bicyclic) bond motifs is 2. The maximum absolute atomic E-state index is 13.9. The second-order valence-corrected chi connectivity index (χ2v) is 18.4. The summed E-state index contributed by atoms with van der Waals surface area (Å²) in [6, 6.07) is 25.7. The molecule has 0 saturated heterocycles. The van der Waals surface area contributed by atoms with Gasteiger partial charge in [-0.2, -0.15) is 10.2 Å². The number of imidazole rings is 2. The molecule has 10 rings (SSSR count). The van der Waals surface area contributed by atoms with E-state index in [2.05, 4.69) is 47.6 Å². The molecule has 0 unspecified atom stereocenters. The van der Waals surface area contributed by atoms with Gasteiger partial charge in [-0.25, -0.2) is 28.7 Å². The lowest BCUT2D eigenvalue weighted by atomic mass is 10.1. The van der Waals surface area contributed by atoms with E-state index in [4.69, 9.17) is 20.2 Å². The molecule has 0 radical (unpaired) electrons. The van der Waals surface area contributed by atoms with Gasteiger partial charge in [0, 0.05) is 62.5 Å². The van der Waals surface area contributed by atoms with E-state index in [1.54, 1.807) is 26.2 Å². The van der Waals surface area contributed by atoms with E-state index in [1.807, 2.05) is 96.3 Å². The third-order valence-corrected chi connectivity index (χ3v) is 12.2. The Kier molecular flexibility index (Phi) is 13.1. The zero-order valence-corrected chi connectivity index (χ0v) is 40.4. The zero-order chi connectivity index (χ0) is 49.4. The fourth-order valence-electron chi connectivity index (χ4n) is 8.54. The highest BCUT2D eigenvalue weighted by Gasteiger charge is 2.20. The Bertz CT molecular complexity index is 3390. The molecule has 0 spiro atoms. The van der Waals surface area contributed by atoms with Crippen molar-refractivity contribution in [3.05, 3.63) is 176 Å². The Morgan fingerprint density at radius 1 is 0.543 bits per heavy atom. The third kappa shape index (κ3) is 10.0. The van der Waals surface area contributed by atoms with Gasteiger partial charge in [0.1, 0.15) is 34.7 Å². The molecule has 70 heavy (non-hydrogen) atoms. The maximum atomic E-state index is 13.9. The zero-order valence-electron chi connectivity index (χ0n) is 40.4. The van der Waals surface area contributed by atoms with E-state index in [-0.39, 0.29) is 34.8 Å². The van der Waals surface area contributed by atoms with Crippen molar-refractivity contribution in [2.24, 2.45) is 14.1 Å². The van der Waals surface area contributed by atoms with Gasteiger partial charge in [-0.3, -0.25) is 19.0 Å². The molecule has 356 valence electrons. The van der Waals surface area contributed by atoms with Gasteiger partial charge in [0.25, 0.3) is 11.1 Å². The van der Waals surface area contributed by atoms with Gasteiger partial charge in [-0.1, -0.05) is 24.3 Å². The largest absolute Gasteiger partial charge is 0.340 e. The third-order valence-electron chi connectivity index (χ3n) is 12.2. The van der Waals surface area contributed by atoms with E-state index in [1.165, 1.54) is 33.9 Å². The molecule has 2 N–H and O–H groups in total. The van der Waals surface area contributed by atoms with Gasteiger partial charge in [0.05, 0.1) is 57.2 Å². The van der Waals surface area contributed by atoms with E-state index in [0.29, 0.717) is 47.5 Å². The lowest BCUT2D eigenvalue weighted by molar-refractivity contribution is 0.534. The Balaban J connectivity index is 0.000000174. The molecule has 16 heteroatoms. The van der Waals surface area contributed by atoms with Crippen LogP contribution in [0, 0.1) is 25.5 Å². The van der Waals surface area contributed by atoms with Gasteiger partial charge >= 0.3 is 0 Å². The normalized spacial score (nSPS) is 11.6. The SMILES string of the molecule is Cc1cc(F)cc(CCc2nc(-c3ccc4ncn(C)c(=O)c4c3)c(-c3ccn(C(C)C)n3)[nH]2)c1.Cc1cc(F)cc(CCc2nc(-c3ccc4ncn(C)c(=O)c4c3)c(-c3ccn(C(C)C)n3)[nH]2)c1. The summed E-state index contributed by atoms with van der Waals surface area (Å²) in [5, 5.41) is 10.5. The predicted octanol–water partition coefficient (Wildman–Crippen LogP) is 10.0. The Hall–Kier alpha value is -8.14. The smallest absolute Gasteiger partial charge is 0.260 e. The number of aromatic amines is 2. The van der Waals surface area contributed by atoms with Crippen LogP contribution in [0.3, 0.4) is 0 Å². The molecule has 6 aromatic heterocycles. The Morgan fingerprint density at radius 2 is 0.957 bits per heavy atom. The average molecular weight is 941 g/mol. The van der Waals surface area contributed by atoms with Crippen LogP contribution in [0.2, 0.25) is 0 Å². The monoisotopic (exact) mass is 940 g/mol. The van der Waals surface area contributed by atoms with E-state index < -0.39 is 0 Å². The second-order valence-electron chi connectivity index (χ2n) is 18.4. The first-order chi connectivity index (χ1) is 33.6. The molecular formula is C54H54F2N12O2. The second kappa shape index (κ2) is 19.5. The van der Waals surface area contributed by atoms with Crippen molar-refractivity contribution in [3.8, 4) is 45.3 Å². The Labute approximate surface area is 402 Å². The quantitative estimate of drug-likeness (QED) is 0.122. The molecule has 14 nitrogen and oxygen atoms in total. The molecule has 4 aromatic carbocycles. The van der Waals surface area contributed by atoms with Gasteiger partial charge in [0.15, 0.2) is 0 Å². The number of benzene rings is 4. The molecule has 0 aliphatic rings. The van der Waals surface area contributed by atoms with Gasteiger partial charge in [-0.15, -0.1) is 0 Å². The number of nitrogens with one attached hydrogen (secondary N) is 2. The van der Waals surface area contributed by atoms with E-state index in [9.17, 15) is 18.4 Å². The minimum atomic E-state index is -0.230. The van der Waals surface area contributed by atoms with Crippen LogP contribution in [0.4, 0.5) is 8.78 Å². The maximum Gasteiger partial charge on any atom is 0.260 e. The summed E-state index contributed by atoms with van der Waals surface area (Å²) >= 11 is 0. The minimum Gasteiger partial charge on any atom is -0.340 e. The minimum absolute atomic E-state index is 0.111. The van der Waals surface area contributed by atoms with E-state index in [0.717, 1.165) is 79.2 Å². The van der Waals surface area contributed by atoms with E-state index >= 15 is 0 Å². The summed E-state index contributed by atoms with van der Waals surface area (Å²) in [4.78, 5) is 50.8. The van der Waals surface area contributed by atoms with Crippen molar-refractivity contribution in [2.45, 2.75) is 79.3 Å². The summed E-state index contributed by atoms with van der Waals surface area (Å²) in [5.41, 5.74) is 10.9. The van der Waals surface area contributed by atoms with Crippen LogP contribution in [0.1, 0.15) is 73.7 Å². The highest BCUT2D eigenvalue weighted by molar-refractivity contribution is 5.87. The highest BCUT2D eigenvalue weighted by atomic mass is 19.1. The number of hydrogen-bond acceptors (Lipinski definition) is 8. The molecule has 0 aliphatic heterocycles. The fourth-order valence-corrected chi connectivity index (χ4v) is 8.54. The van der Waals surface area contributed by atoms with Crippen molar-refractivity contribution in [1.82, 2.24) is 58.6 Å². The molecule has 0 atom stereocenters. The highest BCUT2D eigenvalue weighted by Crippen LogP contribution is 2.33. The topological polar surface area (TPSA) is 163 Å². The van der Waals surface area contributed by atoms with Crippen molar-refractivity contribution >= 4 is 21.8 Å². The standard InChI is InChI=1S/2C27H27FN6O/c2*1-16(2)34-10-9-23(32-34)26-25(19-6-7-22-21(14-19)27(35)33(4)15-29-22)30-24(31-26)8-5-18-11-17(3)12-20(28)13-18/h2*6-7,9-16H,5,8H2,1-4H3,(H,30,31). The van der Waals surface area contributed by atoms with Crippen molar-refractivity contribution in [3.63, 3.8) is 0 Å². The Morgan fingerprint density at radius 3 is 1.33 bits per heavy atom. The van der Waals surface area contributed by atoms with Crippen LogP contribution < -0.4 is 11.1 Å². The molecule has 0 amide bonds. The molecule has 0 bridgehead atoms. The van der Waals surface area contributed by atoms with Crippen molar-refractivity contribution in [1.29, 1.82) is 0 Å². The first-order valence-corrected chi connectivity index (χ1v) is 23.3. The predicted molar refractivity (Wildman–Crippen MR) is 269 cm³/mol. The van der Waals surface area contributed by atoms with Crippen molar-refractivity contribution in [2.75, 3.05) is 0 Å². The fraction of sp³-hybridized carbons (Fsp3) is 0.259. The van der Waals surface area contributed by atoms with Crippen molar-refractivity contribution < 1.29 is 8.78 Å². The molecule has 6 heterocycles. The van der Waals surface area contributed by atoms with Crippen LogP contribution in [0.5, 0.6) is 0 Å². The number of aryl methyl sites for hydroxylation is 8. The van der Waals surface area contributed by atoms with Crippen LogP contribution in [0.25, 0.3) is 67.1 Å². The number of nitrogens with zero attached hydrogens (tertiary/aromatic N) is 10. The lowest BCUT2D eigenvalue weighted by Gasteiger charge is -2.05. The summed E-state index contributed by atoms with van der Waals surface area (Å²) in [7, 11) is 3.37. The summed E-state index contributed by atoms with van der Waals surface area (Å²) in [5.74, 6) is 1.09. The lowest BCUT2D eigenvalue weighted by Crippen LogP contribution is -2.16. The number of H-pyrrole nitrogens is 2.